The Morgan fingerprint density at radius 1 is 1.30 bits per heavy atom. The van der Waals surface area contributed by atoms with Crippen molar-refractivity contribution < 1.29 is 18.9 Å². The first-order valence-electron chi connectivity index (χ1n) is 10.4. The van der Waals surface area contributed by atoms with Crippen LogP contribution in [0.1, 0.15) is 38.9 Å². The van der Waals surface area contributed by atoms with Crippen LogP contribution in [0.25, 0.3) is 17.4 Å². The summed E-state index contributed by atoms with van der Waals surface area (Å²) in [6.07, 6.45) is 4.14. The Morgan fingerprint density at radius 3 is 2.85 bits per heavy atom. The number of hydrazone groups is 1. The molecular weight excluding hydrogens is 446 g/mol. The Kier molecular flexibility index (Phi) is 6.40. The van der Waals surface area contributed by atoms with Gasteiger partial charge in [0.25, 0.3) is 11.6 Å². The average molecular weight is 468 g/mol. The van der Waals surface area contributed by atoms with Crippen LogP contribution in [0.3, 0.4) is 0 Å². The summed E-state index contributed by atoms with van der Waals surface area (Å²) in [6.45, 7) is 4.26. The molecular formula is C22H21N5O5S. The molecule has 2 aliphatic rings. The maximum atomic E-state index is 12.6. The van der Waals surface area contributed by atoms with Crippen molar-refractivity contribution in [2.24, 2.45) is 10.1 Å². The van der Waals surface area contributed by atoms with Crippen molar-refractivity contribution in [3.05, 3.63) is 51.8 Å². The predicted octanol–water partition coefficient (Wildman–Crippen LogP) is 5.06. The fourth-order valence-electron chi connectivity index (χ4n) is 3.31. The summed E-state index contributed by atoms with van der Waals surface area (Å²) in [4.78, 5) is 27.7. The van der Waals surface area contributed by atoms with E-state index in [1.165, 1.54) is 28.9 Å². The molecule has 2 aromatic rings. The molecule has 3 heterocycles. The number of amides is 1. The maximum absolute atomic E-state index is 12.6. The van der Waals surface area contributed by atoms with Gasteiger partial charge in [-0.15, -0.1) is 0 Å². The van der Waals surface area contributed by atoms with Crippen LogP contribution in [-0.2, 0) is 4.79 Å². The molecule has 0 fully saturated rings. The van der Waals surface area contributed by atoms with Crippen LogP contribution in [0.4, 0.5) is 5.69 Å². The van der Waals surface area contributed by atoms with Gasteiger partial charge >= 0.3 is 0 Å². The third-order valence-corrected chi connectivity index (χ3v) is 5.86. The molecule has 2 aliphatic heterocycles. The van der Waals surface area contributed by atoms with Gasteiger partial charge in [0.05, 0.1) is 28.7 Å². The van der Waals surface area contributed by atoms with E-state index >= 15 is 0 Å². The molecule has 33 heavy (non-hydrogen) atoms. The van der Waals surface area contributed by atoms with Gasteiger partial charge in [0, 0.05) is 0 Å². The zero-order chi connectivity index (χ0) is 23.5. The van der Waals surface area contributed by atoms with E-state index in [-0.39, 0.29) is 34.2 Å². The summed E-state index contributed by atoms with van der Waals surface area (Å²) in [5.41, 5.74) is 0.148. The number of aliphatic imine (C=N–C) groups is 1. The van der Waals surface area contributed by atoms with Crippen molar-refractivity contribution in [3.63, 3.8) is 0 Å². The number of benzene rings is 1. The molecule has 170 valence electrons. The number of nitro groups is 1. The van der Waals surface area contributed by atoms with Gasteiger partial charge in [-0.2, -0.15) is 15.1 Å². The summed E-state index contributed by atoms with van der Waals surface area (Å²) in [7, 11) is 0. The van der Waals surface area contributed by atoms with Gasteiger partial charge in [-0.1, -0.05) is 13.3 Å². The number of hydrogen-bond donors (Lipinski definition) is 1. The molecule has 0 saturated carbocycles. The minimum Gasteiger partial charge on any atom is -0.494 e. The fraction of sp³-hybridized carbons (Fsp3) is 0.273. The van der Waals surface area contributed by atoms with Crippen LogP contribution in [0.15, 0.2) is 50.4 Å². The summed E-state index contributed by atoms with van der Waals surface area (Å²) < 4.78 is 11.1. The number of nitro benzene ring substituents is 1. The fourth-order valence-corrected chi connectivity index (χ4v) is 4.23. The Bertz CT molecular complexity index is 1230. The lowest BCUT2D eigenvalue weighted by molar-refractivity contribution is -0.384. The lowest BCUT2D eigenvalue weighted by Crippen LogP contribution is -2.35. The third-order valence-electron chi connectivity index (χ3n) is 4.90. The largest absolute Gasteiger partial charge is 0.494 e. The van der Waals surface area contributed by atoms with E-state index in [0.29, 0.717) is 17.5 Å². The van der Waals surface area contributed by atoms with Gasteiger partial charge < -0.3 is 9.15 Å². The van der Waals surface area contributed by atoms with Gasteiger partial charge in [0.1, 0.15) is 22.3 Å². The first-order chi connectivity index (χ1) is 15.9. The Labute approximate surface area is 193 Å². The molecule has 1 amide bonds. The molecule has 4 rings (SSSR count). The van der Waals surface area contributed by atoms with Crippen molar-refractivity contribution in [1.29, 1.82) is 5.41 Å². The number of nitrogens with one attached hydrogen (secondary N) is 1. The molecule has 0 saturated heterocycles. The van der Waals surface area contributed by atoms with Crippen molar-refractivity contribution in [2.45, 2.75) is 33.1 Å². The molecule has 0 aliphatic carbocycles. The Balaban J connectivity index is 1.62. The molecule has 1 aromatic heterocycles. The topological polar surface area (TPSA) is 134 Å². The van der Waals surface area contributed by atoms with Crippen LogP contribution in [0.2, 0.25) is 0 Å². The number of thioether (sulfide) groups is 1. The molecule has 1 aromatic carbocycles. The zero-order valence-corrected chi connectivity index (χ0v) is 18.8. The summed E-state index contributed by atoms with van der Waals surface area (Å²) in [5.74, 6) is 0.262. The molecule has 0 spiro atoms. The monoisotopic (exact) mass is 467 g/mol. The number of fused-ring (bicyclic) bond motifs is 1. The normalized spacial score (nSPS) is 16.7. The highest BCUT2D eigenvalue weighted by atomic mass is 32.2. The number of carbonyl (C=O) groups is 1. The molecule has 1 N–H and O–H groups in total. The van der Waals surface area contributed by atoms with E-state index in [1.54, 1.807) is 31.2 Å². The molecule has 11 heteroatoms. The van der Waals surface area contributed by atoms with Crippen LogP contribution in [-0.4, -0.2) is 38.5 Å². The minimum atomic E-state index is -0.560. The molecule has 0 bridgehead atoms. The SMILES string of the molecule is CCCCC1=NN2C(=N)/C(=C\c3ccc(-c4ccc(OCC)cc4[N+](=O)[O-])o3)C(=O)N=C2S1. The molecule has 0 unspecified atom stereocenters. The first kappa shape index (κ1) is 22.5. The van der Waals surface area contributed by atoms with E-state index < -0.39 is 10.8 Å². The highest BCUT2D eigenvalue weighted by Crippen LogP contribution is 2.35. The molecule has 10 nitrogen and oxygen atoms in total. The van der Waals surface area contributed by atoms with Crippen LogP contribution in [0.5, 0.6) is 5.75 Å². The van der Waals surface area contributed by atoms with Gasteiger partial charge in [-0.3, -0.25) is 20.3 Å². The van der Waals surface area contributed by atoms with Gasteiger partial charge in [0.2, 0.25) is 5.17 Å². The van der Waals surface area contributed by atoms with Crippen molar-refractivity contribution in [3.8, 4) is 17.1 Å². The maximum Gasteiger partial charge on any atom is 0.284 e. The standard InChI is InChI=1S/C22H21N5O5S/c1-3-5-6-19-25-26-20(23)16(21(28)24-22(26)33-19)11-14-8-10-18(32-14)15-9-7-13(31-4-2)12-17(15)27(29)30/h7-12,23H,3-6H2,1-2H3/b16-11+,23-20?. The van der Waals surface area contributed by atoms with E-state index in [2.05, 4.69) is 17.0 Å². The van der Waals surface area contributed by atoms with Gasteiger partial charge in [-0.25, -0.2) is 0 Å². The van der Waals surface area contributed by atoms with E-state index in [1.807, 2.05) is 0 Å². The average Bonchev–Trinajstić information content (AvgIpc) is 3.42. The number of furan rings is 1. The number of hydrogen-bond acceptors (Lipinski definition) is 8. The number of amidine groups is 2. The van der Waals surface area contributed by atoms with E-state index in [0.717, 1.165) is 24.3 Å². The summed E-state index contributed by atoms with van der Waals surface area (Å²) >= 11 is 1.30. The second kappa shape index (κ2) is 9.41. The van der Waals surface area contributed by atoms with Crippen molar-refractivity contribution in [1.82, 2.24) is 5.01 Å². The zero-order valence-electron chi connectivity index (χ0n) is 18.0. The minimum absolute atomic E-state index is 0.0296. The van der Waals surface area contributed by atoms with Gasteiger partial charge in [0.15, 0.2) is 5.84 Å². The summed E-state index contributed by atoms with van der Waals surface area (Å²) in [6, 6.07) is 7.68. The number of nitrogens with zero attached hydrogens (tertiary/aromatic N) is 4. The van der Waals surface area contributed by atoms with Gasteiger partial charge in [-0.05, 0) is 61.9 Å². The Morgan fingerprint density at radius 2 is 2.12 bits per heavy atom. The van der Waals surface area contributed by atoms with Crippen molar-refractivity contribution >= 4 is 45.5 Å². The second-order valence-electron chi connectivity index (χ2n) is 7.19. The highest BCUT2D eigenvalue weighted by Gasteiger charge is 2.35. The van der Waals surface area contributed by atoms with E-state index in [4.69, 9.17) is 14.6 Å². The molecule has 0 atom stereocenters. The predicted molar refractivity (Wildman–Crippen MR) is 127 cm³/mol. The van der Waals surface area contributed by atoms with Crippen LogP contribution >= 0.6 is 11.8 Å². The second-order valence-corrected chi connectivity index (χ2v) is 8.23. The van der Waals surface area contributed by atoms with Crippen molar-refractivity contribution in [2.75, 3.05) is 6.61 Å². The summed E-state index contributed by atoms with van der Waals surface area (Å²) in [5, 5.41) is 26.9. The third kappa shape index (κ3) is 4.58. The quantitative estimate of drug-likeness (QED) is 0.325. The molecule has 0 radical (unpaired) electrons. The first-order valence-corrected chi connectivity index (χ1v) is 11.2. The smallest absolute Gasteiger partial charge is 0.284 e. The number of carbonyl (C=O) groups excluding carboxylic acids is 1. The lowest BCUT2D eigenvalue weighted by Gasteiger charge is -2.19. The Hall–Kier alpha value is -3.73. The van der Waals surface area contributed by atoms with Crippen LogP contribution < -0.4 is 4.74 Å². The van der Waals surface area contributed by atoms with E-state index in [9.17, 15) is 14.9 Å². The number of rotatable bonds is 8. The van der Waals surface area contributed by atoms with Crippen LogP contribution in [0, 0.1) is 15.5 Å². The highest BCUT2D eigenvalue weighted by molar-refractivity contribution is 8.26. The number of ether oxygens (including phenoxy) is 1. The lowest BCUT2D eigenvalue weighted by atomic mass is 10.1. The number of unbranched alkanes of at least 4 members (excludes halogenated alkanes) is 1.